The molecule has 0 saturated heterocycles. The number of nitrogens with one attached hydrogen (secondary N) is 1. The first kappa shape index (κ1) is 13.5. The lowest BCUT2D eigenvalue weighted by Gasteiger charge is -2.19. The maximum atomic E-state index is 9.64. The Kier molecular flexibility index (Phi) is 3.94. The molecule has 1 atom stereocenters. The van der Waals surface area contributed by atoms with Crippen LogP contribution in [-0.2, 0) is 6.42 Å². The second-order valence-electron chi connectivity index (χ2n) is 4.85. The number of aliphatic hydroxyl groups is 1. The van der Waals surface area contributed by atoms with E-state index in [1.165, 1.54) is 5.56 Å². The minimum atomic E-state index is -0.109. The van der Waals surface area contributed by atoms with Crippen LogP contribution in [0.5, 0.6) is 5.75 Å². The summed E-state index contributed by atoms with van der Waals surface area (Å²) in [5, 5.41) is 13.0. The van der Waals surface area contributed by atoms with E-state index in [-0.39, 0.29) is 12.6 Å². The number of halogens is 1. The molecular weight excluding hydrogens is 318 g/mol. The Labute approximate surface area is 126 Å². The van der Waals surface area contributed by atoms with Crippen molar-refractivity contribution in [1.29, 1.82) is 0 Å². The summed E-state index contributed by atoms with van der Waals surface area (Å²) in [6, 6.07) is 13.9. The first-order valence-corrected chi connectivity index (χ1v) is 7.44. The number of hydrogen-bond donors (Lipinski definition) is 2. The van der Waals surface area contributed by atoms with Gasteiger partial charge in [0.1, 0.15) is 5.75 Å². The quantitative estimate of drug-likeness (QED) is 0.899. The van der Waals surface area contributed by atoms with Gasteiger partial charge >= 0.3 is 0 Å². The van der Waals surface area contributed by atoms with Gasteiger partial charge in [0.05, 0.1) is 19.3 Å². The lowest BCUT2D eigenvalue weighted by Crippen LogP contribution is -2.14. The molecule has 1 heterocycles. The van der Waals surface area contributed by atoms with Crippen molar-refractivity contribution in [1.82, 2.24) is 0 Å². The smallest absolute Gasteiger partial charge is 0.122 e. The Morgan fingerprint density at radius 3 is 2.75 bits per heavy atom. The van der Waals surface area contributed by atoms with Gasteiger partial charge in [-0.15, -0.1) is 0 Å². The van der Waals surface area contributed by atoms with Crippen LogP contribution in [-0.4, -0.2) is 18.3 Å². The van der Waals surface area contributed by atoms with Crippen molar-refractivity contribution in [3.8, 4) is 5.75 Å². The molecule has 104 valence electrons. The maximum absolute atomic E-state index is 9.64. The van der Waals surface area contributed by atoms with Crippen molar-refractivity contribution < 1.29 is 9.84 Å². The van der Waals surface area contributed by atoms with E-state index in [1.54, 1.807) is 0 Å². The molecule has 0 radical (unpaired) electrons. The third-order valence-electron chi connectivity index (χ3n) is 3.48. The molecular formula is C16H16BrNO2. The van der Waals surface area contributed by atoms with Crippen molar-refractivity contribution in [3.63, 3.8) is 0 Å². The summed E-state index contributed by atoms with van der Waals surface area (Å²) in [7, 11) is 0. The fourth-order valence-electron chi connectivity index (χ4n) is 2.40. The van der Waals surface area contributed by atoms with Crippen LogP contribution in [0, 0.1) is 0 Å². The van der Waals surface area contributed by atoms with Gasteiger partial charge in [-0.1, -0.05) is 22.0 Å². The first-order valence-electron chi connectivity index (χ1n) is 6.65. The molecule has 2 aromatic carbocycles. The molecule has 3 nitrogen and oxygen atoms in total. The molecule has 1 aliphatic heterocycles. The molecule has 20 heavy (non-hydrogen) atoms. The highest BCUT2D eigenvalue weighted by Gasteiger charge is 2.16. The standard InChI is InChI=1S/C16H16BrNO2/c17-13-2-4-14(5-3-13)18-15(10-19)11-1-6-16-12(9-11)7-8-20-16/h1-6,9,15,18-19H,7-8,10H2. The topological polar surface area (TPSA) is 41.5 Å². The third kappa shape index (κ3) is 2.81. The van der Waals surface area contributed by atoms with Crippen molar-refractivity contribution in [3.05, 3.63) is 58.1 Å². The SMILES string of the molecule is OCC(Nc1ccc(Br)cc1)c1ccc2c(c1)CCO2. The van der Waals surface area contributed by atoms with E-state index in [4.69, 9.17) is 4.74 Å². The van der Waals surface area contributed by atoms with Gasteiger partial charge in [0.25, 0.3) is 0 Å². The maximum Gasteiger partial charge on any atom is 0.122 e. The fraction of sp³-hybridized carbons (Fsp3) is 0.250. The minimum Gasteiger partial charge on any atom is -0.493 e. The van der Waals surface area contributed by atoms with Crippen LogP contribution in [0.15, 0.2) is 46.9 Å². The number of hydrogen-bond acceptors (Lipinski definition) is 3. The molecule has 0 saturated carbocycles. The number of fused-ring (bicyclic) bond motifs is 1. The summed E-state index contributed by atoms with van der Waals surface area (Å²) in [6.07, 6.45) is 0.944. The average molecular weight is 334 g/mol. The van der Waals surface area contributed by atoms with Crippen molar-refractivity contribution in [2.45, 2.75) is 12.5 Å². The van der Waals surface area contributed by atoms with Crippen molar-refractivity contribution in [2.75, 3.05) is 18.5 Å². The fourth-order valence-corrected chi connectivity index (χ4v) is 2.67. The highest BCUT2D eigenvalue weighted by Crippen LogP contribution is 2.29. The Hall–Kier alpha value is -1.52. The van der Waals surface area contributed by atoms with Crippen molar-refractivity contribution >= 4 is 21.6 Å². The van der Waals surface area contributed by atoms with E-state index in [0.29, 0.717) is 0 Å². The van der Waals surface area contributed by atoms with Crippen LogP contribution >= 0.6 is 15.9 Å². The van der Waals surface area contributed by atoms with Crippen LogP contribution in [0.2, 0.25) is 0 Å². The molecule has 4 heteroatoms. The zero-order valence-electron chi connectivity index (χ0n) is 11.0. The van der Waals surface area contributed by atoms with Gasteiger partial charge in [-0.25, -0.2) is 0 Å². The van der Waals surface area contributed by atoms with E-state index >= 15 is 0 Å². The van der Waals surface area contributed by atoms with Crippen LogP contribution < -0.4 is 10.1 Å². The third-order valence-corrected chi connectivity index (χ3v) is 4.01. The number of ether oxygens (including phenoxy) is 1. The summed E-state index contributed by atoms with van der Waals surface area (Å²) in [5.74, 6) is 0.967. The van der Waals surface area contributed by atoms with Gasteiger partial charge in [-0.05, 0) is 47.5 Å². The summed E-state index contributed by atoms with van der Waals surface area (Å²) in [4.78, 5) is 0. The normalized spacial score (nSPS) is 14.5. The minimum absolute atomic E-state index is 0.0513. The average Bonchev–Trinajstić information content (AvgIpc) is 2.94. The van der Waals surface area contributed by atoms with Gasteiger partial charge in [-0.3, -0.25) is 0 Å². The second-order valence-corrected chi connectivity index (χ2v) is 5.77. The molecule has 3 rings (SSSR count). The van der Waals surface area contributed by atoms with Gasteiger partial charge in [-0.2, -0.15) is 0 Å². The number of rotatable bonds is 4. The molecule has 1 unspecified atom stereocenters. The molecule has 0 aliphatic carbocycles. The zero-order chi connectivity index (χ0) is 13.9. The van der Waals surface area contributed by atoms with E-state index in [0.717, 1.165) is 34.5 Å². The van der Waals surface area contributed by atoms with Gasteiger partial charge in [0.2, 0.25) is 0 Å². The predicted octanol–water partition coefficient (Wildman–Crippen LogP) is 3.53. The van der Waals surface area contributed by atoms with E-state index < -0.39 is 0 Å². The van der Waals surface area contributed by atoms with Crippen LogP contribution in [0.1, 0.15) is 17.2 Å². The number of anilines is 1. The van der Waals surface area contributed by atoms with E-state index in [2.05, 4.69) is 27.3 Å². The Morgan fingerprint density at radius 2 is 2.00 bits per heavy atom. The zero-order valence-corrected chi connectivity index (χ0v) is 12.6. The first-order chi connectivity index (χ1) is 9.76. The number of benzene rings is 2. The molecule has 2 aromatic rings. The molecule has 0 aromatic heterocycles. The Morgan fingerprint density at radius 1 is 1.20 bits per heavy atom. The highest BCUT2D eigenvalue weighted by atomic mass is 79.9. The molecule has 2 N–H and O–H groups in total. The van der Waals surface area contributed by atoms with Crippen LogP contribution in [0.25, 0.3) is 0 Å². The lowest BCUT2D eigenvalue weighted by atomic mass is 10.0. The molecule has 0 fully saturated rings. The van der Waals surface area contributed by atoms with E-state index in [1.807, 2.05) is 36.4 Å². The summed E-state index contributed by atoms with van der Waals surface area (Å²) in [6.45, 7) is 0.804. The molecule has 1 aliphatic rings. The van der Waals surface area contributed by atoms with Crippen LogP contribution in [0.4, 0.5) is 5.69 Å². The number of aliphatic hydroxyl groups excluding tert-OH is 1. The molecule has 0 bridgehead atoms. The van der Waals surface area contributed by atoms with Crippen molar-refractivity contribution in [2.24, 2.45) is 0 Å². The van der Waals surface area contributed by atoms with E-state index in [9.17, 15) is 5.11 Å². The second kappa shape index (κ2) is 5.85. The Balaban J connectivity index is 1.81. The monoisotopic (exact) mass is 333 g/mol. The van der Waals surface area contributed by atoms with Gasteiger partial charge in [0.15, 0.2) is 0 Å². The molecule has 0 spiro atoms. The van der Waals surface area contributed by atoms with Crippen LogP contribution in [0.3, 0.4) is 0 Å². The molecule has 0 amide bonds. The largest absolute Gasteiger partial charge is 0.493 e. The predicted molar refractivity (Wildman–Crippen MR) is 83.2 cm³/mol. The Bertz CT molecular complexity index is 598. The summed E-state index contributed by atoms with van der Waals surface area (Å²) < 4.78 is 6.55. The van der Waals surface area contributed by atoms with Gasteiger partial charge < -0.3 is 15.2 Å². The summed E-state index contributed by atoms with van der Waals surface area (Å²) in [5.41, 5.74) is 3.29. The highest BCUT2D eigenvalue weighted by molar-refractivity contribution is 9.10. The van der Waals surface area contributed by atoms with Gasteiger partial charge in [0, 0.05) is 16.6 Å². The lowest BCUT2D eigenvalue weighted by molar-refractivity contribution is 0.276. The summed E-state index contributed by atoms with van der Waals surface area (Å²) >= 11 is 3.42.